The molecule has 1 unspecified atom stereocenters. The molecular weight excluding hydrogens is 250 g/mol. The van der Waals surface area contributed by atoms with Gasteiger partial charge in [-0.1, -0.05) is 13.8 Å². The van der Waals surface area contributed by atoms with Gasteiger partial charge in [0.15, 0.2) is 0 Å². The van der Waals surface area contributed by atoms with E-state index in [0.717, 1.165) is 5.39 Å². The minimum absolute atomic E-state index is 0.0947. The summed E-state index contributed by atoms with van der Waals surface area (Å²) in [5.74, 6) is 0.332. The van der Waals surface area contributed by atoms with E-state index in [4.69, 9.17) is 0 Å². The molecule has 0 aromatic carbocycles. The fourth-order valence-corrected chi connectivity index (χ4v) is 2.15. The van der Waals surface area contributed by atoms with Crippen molar-refractivity contribution in [1.82, 2.24) is 14.5 Å². The van der Waals surface area contributed by atoms with Crippen LogP contribution in [0.1, 0.15) is 13.8 Å². The molecule has 96 valence electrons. The lowest BCUT2D eigenvalue weighted by molar-refractivity contribution is 0.520. The van der Waals surface area contributed by atoms with Crippen LogP contribution in [0.4, 0.5) is 0 Å². The fourth-order valence-electron chi connectivity index (χ4n) is 1.74. The molecule has 0 aliphatic heterocycles. The highest BCUT2D eigenvalue weighted by atomic mass is 32.2. The molecule has 0 spiro atoms. The highest BCUT2D eigenvalue weighted by molar-refractivity contribution is 7.84. The van der Waals surface area contributed by atoms with Crippen molar-refractivity contribution in [3.63, 3.8) is 0 Å². The van der Waals surface area contributed by atoms with Gasteiger partial charge in [0, 0.05) is 30.4 Å². The first-order valence-corrected chi connectivity index (χ1v) is 7.25. The van der Waals surface area contributed by atoms with E-state index in [1.54, 1.807) is 16.8 Å². The number of hydrogen-bond acceptors (Lipinski definition) is 4. The lowest BCUT2D eigenvalue weighted by Gasteiger charge is -2.11. The zero-order chi connectivity index (χ0) is 13.3. The lowest BCUT2D eigenvalue weighted by atomic mass is 10.2. The number of nitrogens with zero attached hydrogens (tertiary/aromatic N) is 3. The minimum atomic E-state index is -1.25. The van der Waals surface area contributed by atoms with Crippen molar-refractivity contribution >= 4 is 21.8 Å². The average Bonchev–Trinajstić information content (AvgIpc) is 2.31. The van der Waals surface area contributed by atoms with Crippen molar-refractivity contribution in [2.24, 2.45) is 5.92 Å². The summed E-state index contributed by atoms with van der Waals surface area (Å²) in [6, 6.07) is 3.20. The minimum Gasteiger partial charge on any atom is -0.292 e. The highest BCUT2D eigenvalue weighted by Gasteiger charge is 2.09. The van der Waals surface area contributed by atoms with Crippen molar-refractivity contribution in [2.45, 2.75) is 25.5 Å². The first-order chi connectivity index (χ1) is 8.49. The van der Waals surface area contributed by atoms with Gasteiger partial charge in [0.25, 0.3) is 5.56 Å². The summed E-state index contributed by atoms with van der Waals surface area (Å²) in [7, 11) is -1.25. The van der Waals surface area contributed by atoms with E-state index in [0.29, 0.717) is 18.1 Å². The largest absolute Gasteiger partial charge is 0.292 e. The third-order valence-corrected chi connectivity index (χ3v) is 3.22. The lowest BCUT2D eigenvalue weighted by Crippen LogP contribution is -2.23. The van der Waals surface area contributed by atoms with Crippen LogP contribution in [0.5, 0.6) is 0 Å². The first-order valence-electron chi connectivity index (χ1n) is 5.69. The van der Waals surface area contributed by atoms with Crippen LogP contribution in [0.2, 0.25) is 0 Å². The van der Waals surface area contributed by atoms with Gasteiger partial charge >= 0.3 is 0 Å². The van der Waals surface area contributed by atoms with Crippen LogP contribution < -0.4 is 5.56 Å². The maximum absolute atomic E-state index is 11.9. The Bertz CT molecular complexity index is 664. The molecular formula is C12H15N3O2S. The Morgan fingerprint density at radius 2 is 2.11 bits per heavy atom. The summed E-state index contributed by atoms with van der Waals surface area (Å²) >= 11 is 0. The van der Waals surface area contributed by atoms with Crippen LogP contribution in [0.25, 0.3) is 11.0 Å². The van der Waals surface area contributed by atoms with Gasteiger partial charge in [0.2, 0.25) is 5.16 Å². The number of fused-ring (bicyclic) bond motifs is 1. The molecule has 2 aromatic rings. The Hall–Kier alpha value is -1.56. The summed E-state index contributed by atoms with van der Waals surface area (Å²) in [5.41, 5.74) is 0.458. The number of aromatic nitrogens is 3. The van der Waals surface area contributed by atoms with Gasteiger partial charge in [-0.25, -0.2) is 9.97 Å². The van der Waals surface area contributed by atoms with Crippen LogP contribution in [0.15, 0.2) is 28.3 Å². The van der Waals surface area contributed by atoms with Crippen molar-refractivity contribution in [1.29, 1.82) is 0 Å². The molecule has 0 amide bonds. The molecule has 0 aliphatic carbocycles. The van der Waals surface area contributed by atoms with E-state index in [1.165, 1.54) is 12.3 Å². The van der Waals surface area contributed by atoms with Crippen molar-refractivity contribution in [2.75, 3.05) is 6.26 Å². The third-order valence-electron chi connectivity index (χ3n) is 2.51. The highest BCUT2D eigenvalue weighted by Crippen LogP contribution is 2.11. The maximum atomic E-state index is 11.9. The van der Waals surface area contributed by atoms with Gasteiger partial charge in [-0.3, -0.25) is 13.6 Å². The Balaban J connectivity index is 2.72. The normalized spacial score (nSPS) is 13.1. The second-order valence-electron chi connectivity index (χ2n) is 4.56. The zero-order valence-corrected chi connectivity index (χ0v) is 11.4. The van der Waals surface area contributed by atoms with Crippen LogP contribution in [0.3, 0.4) is 0 Å². The van der Waals surface area contributed by atoms with E-state index < -0.39 is 10.8 Å². The molecule has 0 N–H and O–H groups in total. The second-order valence-corrected chi connectivity index (χ2v) is 5.84. The van der Waals surface area contributed by atoms with Crippen molar-refractivity contribution in [3.8, 4) is 0 Å². The van der Waals surface area contributed by atoms with Gasteiger partial charge in [0.05, 0.1) is 10.8 Å². The summed E-state index contributed by atoms with van der Waals surface area (Å²) in [6.45, 7) is 4.65. The molecule has 6 heteroatoms. The maximum Gasteiger partial charge on any atom is 0.252 e. The molecule has 2 aromatic heterocycles. The number of pyridine rings is 1. The van der Waals surface area contributed by atoms with Crippen molar-refractivity contribution in [3.05, 3.63) is 28.7 Å². The molecule has 18 heavy (non-hydrogen) atoms. The second kappa shape index (κ2) is 4.97. The van der Waals surface area contributed by atoms with Crippen LogP contribution in [-0.2, 0) is 17.3 Å². The smallest absolute Gasteiger partial charge is 0.252 e. The topological polar surface area (TPSA) is 64.8 Å². The summed E-state index contributed by atoms with van der Waals surface area (Å²) in [5, 5.41) is 1.04. The Morgan fingerprint density at radius 3 is 2.72 bits per heavy atom. The average molecular weight is 265 g/mol. The standard InChI is InChI=1S/C12H15N3O2S/c1-8(2)7-15-10(16)5-4-9-6-13-12(18(3)17)14-11(9)15/h4-6,8H,7H2,1-3H3. The molecule has 2 heterocycles. The van der Waals surface area contributed by atoms with Gasteiger partial charge in [-0.15, -0.1) is 0 Å². The fraction of sp³-hybridized carbons (Fsp3) is 0.417. The molecule has 5 nitrogen and oxygen atoms in total. The first kappa shape index (κ1) is 12.9. The monoisotopic (exact) mass is 265 g/mol. The quantitative estimate of drug-likeness (QED) is 0.782. The van der Waals surface area contributed by atoms with Crippen molar-refractivity contribution < 1.29 is 4.21 Å². The summed E-state index contributed by atoms with van der Waals surface area (Å²) < 4.78 is 13.0. The van der Waals surface area contributed by atoms with Crippen LogP contribution >= 0.6 is 0 Å². The predicted molar refractivity (Wildman–Crippen MR) is 71.0 cm³/mol. The van der Waals surface area contributed by atoms with E-state index in [2.05, 4.69) is 9.97 Å². The number of hydrogen-bond donors (Lipinski definition) is 0. The van der Waals surface area contributed by atoms with E-state index >= 15 is 0 Å². The molecule has 0 fully saturated rings. The molecule has 0 saturated carbocycles. The predicted octanol–water partition coefficient (Wildman–Crippen LogP) is 1.18. The Kier molecular flexibility index (Phi) is 3.56. The Labute approximate surface area is 107 Å². The molecule has 0 radical (unpaired) electrons. The molecule has 0 bridgehead atoms. The van der Waals surface area contributed by atoms with Gasteiger partial charge in [-0.2, -0.15) is 0 Å². The van der Waals surface area contributed by atoms with Crippen LogP contribution in [-0.4, -0.2) is 25.0 Å². The van der Waals surface area contributed by atoms with Gasteiger partial charge < -0.3 is 0 Å². The SMILES string of the molecule is CC(C)Cn1c(=O)ccc2cnc(S(C)=O)nc21. The molecule has 2 rings (SSSR count). The third kappa shape index (κ3) is 2.48. The van der Waals surface area contributed by atoms with E-state index in [1.807, 2.05) is 13.8 Å². The van der Waals surface area contributed by atoms with Gasteiger partial charge in [-0.05, 0) is 12.0 Å². The zero-order valence-electron chi connectivity index (χ0n) is 10.6. The summed E-state index contributed by atoms with van der Waals surface area (Å²) in [4.78, 5) is 20.1. The van der Waals surface area contributed by atoms with Gasteiger partial charge in [0.1, 0.15) is 5.65 Å². The molecule has 0 aliphatic rings. The van der Waals surface area contributed by atoms with E-state index in [-0.39, 0.29) is 10.7 Å². The Morgan fingerprint density at radius 1 is 1.39 bits per heavy atom. The molecule has 0 saturated heterocycles. The van der Waals surface area contributed by atoms with Crippen LogP contribution in [0, 0.1) is 5.92 Å². The number of rotatable bonds is 3. The van der Waals surface area contributed by atoms with E-state index in [9.17, 15) is 9.00 Å². The molecule has 1 atom stereocenters. The summed E-state index contributed by atoms with van der Waals surface area (Å²) in [6.07, 6.45) is 3.13.